The Morgan fingerprint density at radius 2 is 2.45 bits per heavy atom. The average Bonchev–Trinajstić information content (AvgIpc) is 2.06. The van der Waals surface area contributed by atoms with E-state index < -0.39 is 0 Å². The van der Waals surface area contributed by atoms with Crippen LogP contribution in [0.25, 0.3) is 6.08 Å². The van der Waals surface area contributed by atoms with Crippen LogP contribution in [0.3, 0.4) is 0 Å². The van der Waals surface area contributed by atoms with Gasteiger partial charge in [-0.05, 0) is 10.1 Å². The summed E-state index contributed by atoms with van der Waals surface area (Å²) in [5, 5.41) is 0. The summed E-state index contributed by atoms with van der Waals surface area (Å²) in [7, 11) is 0. The number of aromatic nitrogens is 2. The zero-order chi connectivity index (χ0) is 7.68. The summed E-state index contributed by atoms with van der Waals surface area (Å²) in [5.74, 6) is 0. The minimum atomic E-state index is -0.165. The lowest BCUT2D eigenvalue weighted by atomic mass is 10.3. The first-order chi connectivity index (χ1) is 5.38. The molecule has 1 aliphatic rings. The topological polar surface area (TPSA) is 45.8 Å². The molecule has 1 aliphatic heterocycles. The van der Waals surface area contributed by atoms with Gasteiger partial charge in [0.15, 0.2) is 0 Å². The quantitative estimate of drug-likeness (QED) is 0.552. The van der Waals surface area contributed by atoms with Crippen LogP contribution < -0.4 is 5.56 Å². The molecule has 1 aromatic heterocycles. The van der Waals surface area contributed by atoms with E-state index in [1.807, 2.05) is 12.2 Å². The SMILES string of the molecule is O=c1[nH]cnc2c1C=CC=I2. The second-order valence-corrected chi connectivity index (χ2v) is 4.39. The van der Waals surface area contributed by atoms with E-state index in [-0.39, 0.29) is 26.3 Å². The van der Waals surface area contributed by atoms with Crippen molar-refractivity contribution in [1.82, 2.24) is 9.97 Å². The Hall–Kier alpha value is -0.780. The highest BCUT2D eigenvalue weighted by atomic mass is 127. The molecule has 2 heterocycles. The van der Waals surface area contributed by atoms with E-state index in [1.54, 1.807) is 0 Å². The molecule has 56 valence electrons. The van der Waals surface area contributed by atoms with Crippen molar-refractivity contribution in [2.75, 3.05) is 0 Å². The summed E-state index contributed by atoms with van der Waals surface area (Å²) in [5.41, 5.74) is 0.710. The largest absolute Gasteiger partial charge is 0.313 e. The van der Waals surface area contributed by atoms with Gasteiger partial charge >= 0.3 is 0 Å². The van der Waals surface area contributed by atoms with Crippen molar-refractivity contribution in [3.63, 3.8) is 0 Å². The first-order valence-corrected chi connectivity index (χ1v) is 5.41. The van der Waals surface area contributed by atoms with Crippen molar-refractivity contribution < 1.29 is 0 Å². The molecule has 0 atom stereocenters. The summed E-state index contributed by atoms with van der Waals surface area (Å²) in [6, 6.07) is 0. The number of allylic oxidation sites excluding steroid dienone is 1. The zero-order valence-electron chi connectivity index (χ0n) is 5.54. The van der Waals surface area contributed by atoms with Crippen LogP contribution in [0.2, 0.25) is 0 Å². The second-order valence-electron chi connectivity index (χ2n) is 2.03. The molecule has 0 saturated carbocycles. The molecule has 1 N–H and O–H groups in total. The lowest BCUT2D eigenvalue weighted by molar-refractivity contribution is 1.08. The molecule has 0 aromatic carbocycles. The monoisotopic (exact) mass is 260 g/mol. The molecule has 0 fully saturated rings. The predicted molar refractivity (Wildman–Crippen MR) is 52.7 cm³/mol. The molecule has 11 heavy (non-hydrogen) atoms. The molecule has 4 heteroatoms. The summed E-state index contributed by atoms with van der Waals surface area (Å²) in [6.07, 6.45) is 5.20. The van der Waals surface area contributed by atoms with Crippen LogP contribution in [0.5, 0.6) is 0 Å². The average molecular weight is 260 g/mol. The minimum Gasteiger partial charge on any atom is -0.313 e. The standard InChI is InChI=1S/C7H5IN2O/c11-7-5-2-1-3-8-6(5)9-4-10-7/h1-4H,(H,9,10,11). The van der Waals surface area contributed by atoms with Crippen LogP contribution >= 0.6 is 20.7 Å². The summed E-state index contributed by atoms with van der Waals surface area (Å²) in [4.78, 5) is 17.8. The van der Waals surface area contributed by atoms with Gasteiger partial charge in [-0.25, -0.2) is 4.98 Å². The van der Waals surface area contributed by atoms with Gasteiger partial charge in [-0.1, -0.05) is 26.8 Å². The van der Waals surface area contributed by atoms with E-state index in [0.717, 1.165) is 9.26 Å². The fourth-order valence-electron chi connectivity index (χ4n) is 0.849. The molecule has 3 nitrogen and oxygen atoms in total. The number of nitrogens with one attached hydrogen (secondary N) is 1. The summed E-state index contributed by atoms with van der Waals surface area (Å²) in [6.45, 7) is 0. The maximum atomic E-state index is 11.1. The molecule has 0 saturated heterocycles. The van der Waals surface area contributed by atoms with Crippen LogP contribution in [0.1, 0.15) is 5.56 Å². The number of hydrogen-bond donors (Lipinski definition) is 1. The number of H-pyrrole nitrogens is 1. The van der Waals surface area contributed by atoms with Crippen molar-refractivity contribution in [3.8, 4) is 0 Å². The molecular weight excluding hydrogens is 255 g/mol. The number of halogens is 1. The first-order valence-electron chi connectivity index (χ1n) is 3.09. The van der Waals surface area contributed by atoms with Crippen LogP contribution in [0, 0.1) is 3.70 Å². The van der Waals surface area contributed by atoms with E-state index >= 15 is 0 Å². The van der Waals surface area contributed by atoms with Crippen molar-refractivity contribution >= 4 is 30.8 Å². The molecule has 0 bridgehead atoms. The zero-order valence-corrected chi connectivity index (χ0v) is 7.70. The van der Waals surface area contributed by atoms with Gasteiger partial charge in [0.2, 0.25) is 0 Å². The summed E-state index contributed by atoms with van der Waals surface area (Å²) >= 11 is -0.165. The van der Waals surface area contributed by atoms with E-state index in [4.69, 9.17) is 0 Å². The molecule has 2 rings (SSSR count). The van der Waals surface area contributed by atoms with Gasteiger partial charge in [-0.3, -0.25) is 4.79 Å². The molecule has 1 aromatic rings. The lowest BCUT2D eigenvalue weighted by Gasteiger charge is -1.99. The van der Waals surface area contributed by atoms with Gasteiger partial charge in [-0.15, -0.1) is 0 Å². The molecule has 0 aliphatic carbocycles. The van der Waals surface area contributed by atoms with E-state index in [0.29, 0.717) is 0 Å². The van der Waals surface area contributed by atoms with Crippen molar-refractivity contribution in [1.29, 1.82) is 0 Å². The Labute approximate surface area is 72.9 Å². The molecule has 0 amide bonds. The molecule has 0 radical (unpaired) electrons. The number of aromatic amines is 1. The molecule has 0 spiro atoms. The Morgan fingerprint density at radius 3 is 3.27 bits per heavy atom. The van der Waals surface area contributed by atoms with E-state index in [2.05, 4.69) is 14.0 Å². The fraction of sp³-hybridized carbons (Fsp3) is 0. The van der Waals surface area contributed by atoms with E-state index in [9.17, 15) is 4.79 Å². The van der Waals surface area contributed by atoms with Crippen LogP contribution in [0.4, 0.5) is 0 Å². The Balaban J connectivity index is 2.80. The maximum Gasteiger partial charge on any atom is 0.259 e. The van der Waals surface area contributed by atoms with E-state index in [1.165, 1.54) is 6.33 Å². The van der Waals surface area contributed by atoms with Crippen molar-refractivity contribution in [3.05, 3.63) is 32.0 Å². The van der Waals surface area contributed by atoms with Gasteiger partial charge in [0, 0.05) is 0 Å². The van der Waals surface area contributed by atoms with Crippen LogP contribution in [-0.4, -0.2) is 14.0 Å². The smallest absolute Gasteiger partial charge is 0.259 e. The van der Waals surface area contributed by atoms with Gasteiger partial charge in [0.25, 0.3) is 5.56 Å². The molecular formula is C7H5IN2O. The first kappa shape index (κ1) is 6.90. The maximum absolute atomic E-state index is 11.1. The van der Waals surface area contributed by atoms with Crippen LogP contribution in [-0.2, 0) is 0 Å². The Kier molecular flexibility index (Phi) is 1.69. The van der Waals surface area contributed by atoms with Gasteiger partial charge in [0.1, 0.15) is 3.70 Å². The van der Waals surface area contributed by atoms with Gasteiger partial charge < -0.3 is 4.98 Å². The summed E-state index contributed by atoms with van der Waals surface area (Å²) < 4.78 is 3.06. The minimum absolute atomic E-state index is 0.0287. The van der Waals surface area contributed by atoms with Gasteiger partial charge in [0.05, 0.1) is 11.9 Å². The Bertz CT molecular complexity index is 392. The third-order valence-electron chi connectivity index (χ3n) is 1.34. The normalized spacial score (nSPS) is 13.8. The van der Waals surface area contributed by atoms with Crippen molar-refractivity contribution in [2.24, 2.45) is 0 Å². The van der Waals surface area contributed by atoms with Gasteiger partial charge in [-0.2, -0.15) is 0 Å². The lowest BCUT2D eigenvalue weighted by Crippen LogP contribution is -2.12. The number of fused-ring (bicyclic) bond motifs is 1. The molecule has 0 unspecified atom stereocenters. The fourth-order valence-corrected chi connectivity index (χ4v) is 2.66. The highest BCUT2D eigenvalue weighted by Gasteiger charge is 2.03. The number of nitrogens with zero attached hydrogens (tertiary/aromatic N) is 1. The Morgan fingerprint density at radius 1 is 1.55 bits per heavy atom. The number of hydrogen-bond acceptors (Lipinski definition) is 2. The predicted octanol–water partition coefficient (Wildman–Crippen LogP) is 0.739. The number of rotatable bonds is 0. The van der Waals surface area contributed by atoms with Crippen LogP contribution in [0.15, 0.2) is 17.2 Å². The highest BCUT2D eigenvalue weighted by Crippen LogP contribution is 2.14. The third kappa shape index (κ3) is 1.18. The third-order valence-corrected chi connectivity index (χ3v) is 3.57. The second kappa shape index (κ2) is 2.69. The van der Waals surface area contributed by atoms with Crippen molar-refractivity contribution in [2.45, 2.75) is 0 Å². The highest BCUT2D eigenvalue weighted by molar-refractivity contribution is 14.2.